The zero-order valence-corrected chi connectivity index (χ0v) is 13.3. The molecule has 0 radical (unpaired) electrons. The molecule has 1 saturated heterocycles. The predicted molar refractivity (Wildman–Crippen MR) is 83.3 cm³/mol. The second kappa shape index (κ2) is 9.15. The van der Waals surface area contributed by atoms with Crippen molar-refractivity contribution < 1.29 is 5.21 Å². The quantitative estimate of drug-likeness (QED) is 0.294. The van der Waals surface area contributed by atoms with Crippen molar-refractivity contribution in [1.82, 2.24) is 14.7 Å². The SMILES string of the molecule is CCC(C(N)=NO)N1CCN(CCN(CC)CC)CC1. The van der Waals surface area contributed by atoms with Gasteiger partial charge in [-0.3, -0.25) is 9.80 Å². The molecule has 20 heavy (non-hydrogen) atoms. The molecule has 0 saturated carbocycles. The summed E-state index contributed by atoms with van der Waals surface area (Å²) in [4.78, 5) is 7.29. The minimum Gasteiger partial charge on any atom is -0.409 e. The minimum absolute atomic E-state index is 0.0740. The Bertz CT molecular complexity index is 285. The lowest BCUT2D eigenvalue weighted by Gasteiger charge is -2.39. The van der Waals surface area contributed by atoms with Crippen LogP contribution in [0.3, 0.4) is 0 Å². The molecule has 0 aromatic rings. The molecule has 0 spiro atoms. The summed E-state index contributed by atoms with van der Waals surface area (Å²) in [6.45, 7) is 15.1. The van der Waals surface area contributed by atoms with Crippen molar-refractivity contribution in [2.75, 3.05) is 52.4 Å². The third-order valence-electron chi connectivity index (χ3n) is 4.32. The topological polar surface area (TPSA) is 68.3 Å². The molecule has 0 aromatic carbocycles. The van der Waals surface area contributed by atoms with Crippen LogP contribution in [0, 0.1) is 0 Å². The Morgan fingerprint density at radius 2 is 1.80 bits per heavy atom. The van der Waals surface area contributed by atoms with Crippen LogP contribution in [0.5, 0.6) is 0 Å². The molecule has 1 heterocycles. The number of hydrogen-bond acceptors (Lipinski definition) is 5. The largest absolute Gasteiger partial charge is 0.409 e. The number of piperazine rings is 1. The van der Waals surface area contributed by atoms with Gasteiger partial charge < -0.3 is 15.8 Å². The smallest absolute Gasteiger partial charge is 0.156 e. The summed E-state index contributed by atoms with van der Waals surface area (Å²) in [7, 11) is 0. The first kappa shape index (κ1) is 17.2. The summed E-state index contributed by atoms with van der Waals surface area (Å²) in [5.41, 5.74) is 5.77. The zero-order valence-electron chi connectivity index (χ0n) is 13.3. The summed E-state index contributed by atoms with van der Waals surface area (Å²) in [6.07, 6.45) is 0.884. The van der Waals surface area contributed by atoms with Gasteiger partial charge in [-0.15, -0.1) is 0 Å². The number of nitrogens with zero attached hydrogens (tertiary/aromatic N) is 4. The Morgan fingerprint density at radius 3 is 2.25 bits per heavy atom. The number of hydrogen-bond donors (Lipinski definition) is 2. The van der Waals surface area contributed by atoms with Crippen LogP contribution in [0.2, 0.25) is 0 Å². The maximum Gasteiger partial charge on any atom is 0.156 e. The first-order chi connectivity index (χ1) is 9.65. The molecule has 1 aliphatic heterocycles. The molecule has 6 heteroatoms. The number of nitrogens with two attached hydrogens (primary N) is 1. The first-order valence-electron chi connectivity index (χ1n) is 7.82. The van der Waals surface area contributed by atoms with Crippen LogP contribution in [0.15, 0.2) is 5.16 Å². The third kappa shape index (κ3) is 4.92. The third-order valence-corrected chi connectivity index (χ3v) is 4.32. The van der Waals surface area contributed by atoms with E-state index in [0.717, 1.165) is 58.8 Å². The Labute approximate surface area is 123 Å². The molecule has 1 fully saturated rings. The van der Waals surface area contributed by atoms with E-state index in [1.54, 1.807) is 0 Å². The summed E-state index contributed by atoms with van der Waals surface area (Å²) < 4.78 is 0. The number of oxime groups is 1. The molecule has 1 unspecified atom stereocenters. The highest BCUT2D eigenvalue weighted by Crippen LogP contribution is 2.09. The van der Waals surface area contributed by atoms with Crippen molar-refractivity contribution in [2.45, 2.75) is 33.2 Å². The van der Waals surface area contributed by atoms with Crippen LogP contribution in [0.25, 0.3) is 0 Å². The highest BCUT2D eigenvalue weighted by atomic mass is 16.4. The van der Waals surface area contributed by atoms with Gasteiger partial charge in [0, 0.05) is 39.3 Å². The van der Waals surface area contributed by atoms with E-state index in [4.69, 9.17) is 10.9 Å². The van der Waals surface area contributed by atoms with Crippen LogP contribution < -0.4 is 5.73 Å². The van der Waals surface area contributed by atoms with E-state index in [-0.39, 0.29) is 6.04 Å². The lowest BCUT2D eigenvalue weighted by molar-refractivity contribution is 0.105. The Morgan fingerprint density at radius 1 is 1.20 bits per heavy atom. The van der Waals surface area contributed by atoms with Crippen LogP contribution in [-0.4, -0.2) is 84.1 Å². The first-order valence-corrected chi connectivity index (χ1v) is 7.82. The number of amidine groups is 1. The lowest BCUT2D eigenvalue weighted by atomic mass is 10.1. The molecule has 1 aliphatic rings. The van der Waals surface area contributed by atoms with Gasteiger partial charge in [0.15, 0.2) is 5.84 Å². The Hall–Kier alpha value is -0.850. The summed E-state index contributed by atoms with van der Waals surface area (Å²) >= 11 is 0. The summed E-state index contributed by atoms with van der Waals surface area (Å²) in [6, 6.07) is 0.0740. The average molecular weight is 285 g/mol. The predicted octanol–water partition coefficient (Wildman–Crippen LogP) is 0.471. The average Bonchev–Trinajstić information content (AvgIpc) is 2.50. The van der Waals surface area contributed by atoms with Crippen LogP contribution in [0.1, 0.15) is 27.2 Å². The highest BCUT2D eigenvalue weighted by molar-refractivity contribution is 5.85. The van der Waals surface area contributed by atoms with Crippen molar-refractivity contribution in [2.24, 2.45) is 10.9 Å². The lowest BCUT2D eigenvalue weighted by Crippen LogP contribution is -2.54. The van der Waals surface area contributed by atoms with Crippen molar-refractivity contribution in [3.8, 4) is 0 Å². The van der Waals surface area contributed by atoms with Gasteiger partial charge in [-0.25, -0.2) is 0 Å². The van der Waals surface area contributed by atoms with Gasteiger partial charge >= 0.3 is 0 Å². The minimum atomic E-state index is 0.0740. The van der Waals surface area contributed by atoms with Gasteiger partial charge in [-0.1, -0.05) is 25.9 Å². The molecule has 1 atom stereocenters. The van der Waals surface area contributed by atoms with Gasteiger partial charge in [0.2, 0.25) is 0 Å². The normalized spacial score (nSPS) is 20.5. The van der Waals surface area contributed by atoms with Crippen LogP contribution >= 0.6 is 0 Å². The van der Waals surface area contributed by atoms with Crippen molar-refractivity contribution >= 4 is 5.84 Å². The molecular weight excluding hydrogens is 254 g/mol. The summed E-state index contributed by atoms with van der Waals surface area (Å²) in [5.74, 6) is 0.337. The van der Waals surface area contributed by atoms with E-state index >= 15 is 0 Å². The van der Waals surface area contributed by atoms with Crippen molar-refractivity contribution in [1.29, 1.82) is 0 Å². The fourth-order valence-corrected chi connectivity index (χ4v) is 2.84. The molecule has 0 bridgehead atoms. The molecule has 118 valence electrons. The molecule has 0 amide bonds. The second-order valence-electron chi connectivity index (χ2n) is 5.35. The van der Waals surface area contributed by atoms with E-state index in [9.17, 15) is 0 Å². The Balaban J connectivity index is 2.35. The molecular formula is C14H31N5O. The van der Waals surface area contributed by atoms with Crippen molar-refractivity contribution in [3.63, 3.8) is 0 Å². The number of likely N-dealkylation sites (N-methyl/N-ethyl adjacent to an activating group) is 1. The maximum atomic E-state index is 8.84. The number of rotatable bonds is 8. The fraction of sp³-hybridized carbons (Fsp3) is 0.929. The van der Waals surface area contributed by atoms with E-state index in [2.05, 4.69) is 40.6 Å². The molecule has 6 nitrogen and oxygen atoms in total. The second-order valence-corrected chi connectivity index (χ2v) is 5.35. The highest BCUT2D eigenvalue weighted by Gasteiger charge is 2.25. The van der Waals surface area contributed by atoms with E-state index in [1.807, 2.05) is 0 Å². The van der Waals surface area contributed by atoms with Gasteiger partial charge in [-0.05, 0) is 19.5 Å². The van der Waals surface area contributed by atoms with E-state index < -0.39 is 0 Å². The van der Waals surface area contributed by atoms with Gasteiger partial charge in [-0.2, -0.15) is 0 Å². The zero-order chi connectivity index (χ0) is 15.0. The van der Waals surface area contributed by atoms with Crippen LogP contribution in [-0.2, 0) is 0 Å². The monoisotopic (exact) mass is 285 g/mol. The molecule has 1 rings (SSSR count). The molecule has 0 aliphatic carbocycles. The fourth-order valence-electron chi connectivity index (χ4n) is 2.84. The summed E-state index contributed by atoms with van der Waals surface area (Å²) in [5, 5.41) is 12.0. The van der Waals surface area contributed by atoms with E-state index in [0.29, 0.717) is 5.84 Å². The molecule has 3 N–H and O–H groups in total. The van der Waals surface area contributed by atoms with Gasteiger partial charge in [0.25, 0.3) is 0 Å². The van der Waals surface area contributed by atoms with E-state index in [1.165, 1.54) is 0 Å². The standard InChI is InChI=1S/C14H31N5O/c1-4-13(14(15)16-20)19-11-9-18(10-12-19)8-7-17(5-2)6-3/h13,20H,4-12H2,1-3H3,(H2,15,16). The van der Waals surface area contributed by atoms with Crippen molar-refractivity contribution in [3.05, 3.63) is 0 Å². The van der Waals surface area contributed by atoms with Crippen LogP contribution in [0.4, 0.5) is 0 Å². The maximum absolute atomic E-state index is 8.84. The van der Waals surface area contributed by atoms with Gasteiger partial charge in [0.1, 0.15) is 0 Å². The Kier molecular flexibility index (Phi) is 7.87. The molecule has 0 aromatic heterocycles. The van der Waals surface area contributed by atoms with Gasteiger partial charge in [0.05, 0.1) is 6.04 Å².